The van der Waals surface area contributed by atoms with E-state index in [0.29, 0.717) is 42.9 Å². The number of carbonyl (C=O) groups excluding carboxylic acids is 2. The molecule has 0 atom stereocenters. The van der Waals surface area contributed by atoms with Gasteiger partial charge in [0.05, 0.1) is 10.5 Å². The smallest absolute Gasteiger partial charge is 0.255 e. The highest BCUT2D eigenvalue weighted by Crippen LogP contribution is 2.22. The monoisotopic (exact) mass is 444 g/mol. The third kappa shape index (κ3) is 5.89. The molecule has 0 aliphatic carbocycles. The quantitative estimate of drug-likeness (QED) is 0.682. The molecule has 166 valence electrons. The lowest BCUT2D eigenvalue weighted by molar-refractivity contribution is -0.115. The first kappa shape index (κ1) is 22.9. The Hall–Kier alpha value is -2.78. The van der Waals surface area contributed by atoms with Gasteiger partial charge in [-0.1, -0.05) is 6.92 Å². The van der Waals surface area contributed by atoms with Crippen LogP contribution >= 0.6 is 0 Å². The molecular weight excluding hydrogens is 416 g/mol. The van der Waals surface area contributed by atoms with Crippen LogP contribution in [0.15, 0.2) is 47.6 Å². The molecule has 3 rings (SSSR count). The van der Waals surface area contributed by atoms with Gasteiger partial charge in [-0.05, 0) is 61.6 Å². The summed E-state index contributed by atoms with van der Waals surface area (Å²) in [4.78, 5) is 30.0. The predicted octanol–water partition coefficient (Wildman–Crippen LogP) is 2.57. The molecule has 2 heterocycles. The minimum absolute atomic E-state index is 0.0435. The molecule has 8 nitrogen and oxygen atoms in total. The van der Waals surface area contributed by atoms with Crippen molar-refractivity contribution in [1.29, 1.82) is 0 Å². The first-order valence-corrected chi connectivity index (χ1v) is 11.9. The SMILES string of the molecule is CCC(=O)Nc1ccc(S(=O)(=O)NCC2CCN(C(=O)c3cccnc3)CC2)c(C)c1. The van der Waals surface area contributed by atoms with Crippen LogP contribution in [0.25, 0.3) is 0 Å². The summed E-state index contributed by atoms with van der Waals surface area (Å²) in [5, 5.41) is 2.73. The summed E-state index contributed by atoms with van der Waals surface area (Å²) in [6.07, 6.45) is 5.01. The Morgan fingerprint density at radius 2 is 1.94 bits per heavy atom. The van der Waals surface area contributed by atoms with Crippen molar-refractivity contribution in [3.05, 3.63) is 53.9 Å². The maximum absolute atomic E-state index is 12.8. The van der Waals surface area contributed by atoms with Gasteiger partial charge in [0.2, 0.25) is 15.9 Å². The maximum atomic E-state index is 12.8. The van der Waals surface area contributed by atoms with Crippen LogP contribution in [0.4, 0.5) is 5.69 Å². The lowest BCUT2D eigenvalue weighted by Crippen LogP contribution is -2.41. The van der Waals surface area contributed by atoms with Gasteiger partial charge in [0.25, 0.3) is 5.91 Å². The Morgan fingerprint density at radius 1 is 1.19 bits per heavy atom. The molecule has 1 fully saturated rings. The maximum Gasteiger partial charge on any atom is 0.255 e. The molecule has 0 radical (unpaired) electrons. The summed E-state index contributed by atoms with van der Waals surface area (Å²) in [6, 6.07) is 8.25. The summed E-state index contributed by atoms with van der Waals surface area (Å²) in [5.74, 6) is -0.00404. The lowest BCUT2D eigenvalue weighted by Gasteiger charge is -2.32. The second-order valence-electron chi connectivity index (χ2n) is 7.71. The van der Waals surface area contributed by atoms with Crippen LogP contribution in [-0.4, -0.2) is 49.8 Å². The highest BCUT2D eigenvalue weighted by Gasteiger charge is 2.25. The van der Waals surface area contributed by atoms with E-state index in [2.05, 4.69) is 15.0 Å². The zero-order valence-electron chi connectivity index (χ0n) is 17.8. The molecular formula is C22H28N4O4S. The Balaban J connectivity index is 1.54. The molecule has 0 unspecified atom stereocenters. The van der Waals surface area contributed by atoms with E-state index in [-0.39, 0.29) is 22.6 Å². The van der Waals surface area contributed by atoms with Gasteiger partial charge in [-0.15, -0.1) is 0 Å². The van der Waals surface area contributed by atoms with Crippen molar-refractivity contribution in [3.63, 3.8) is 0 Å². The van der Waals surface area contributed by atoms with Crippen molar-refractivity contribution in [2.75, 3.05) is 25.0 Å². The van der Waals surface area contributed by atoms with Crippen molar-refractivity contribution in [1.82, 2.24) is 14.6 Å². The van der Waals surface area contributed by atoms with E-state index in [1.54, 1.807) is 55.4 Å². The summed E-state index contributed by atoms with van der Waals surface area (Å²) in [6.45, 7) is 4.96. The van der Waals surface area contributed by atoms with Gasteiger partial charge in [-0.3, -0.25) is 14.6 Å². The average Bonchev–Trinajstić information content (AvgIpc) is 2.78. The number of aromatic nitrogens is 1. The molecule has 0 spiro atoms. The van der Waals surface area contributed by atoms with Crippen LogP contribution in [0.5, 0.6) is 0 Å². The van der Waals surface area contributed by atoms with Crippen LogP contribution < -0.4 is 10.0 Å². The topological polar surface area (TPSA) is 108 Å². The molecule has 9 heteroatoms. The molecule has 0 saturated carbocycles. The number of hydrogen-bond acceptors (Lipinski definition) is 5. The van der Waals surface area contributed by atoms with E-state index < -0.39 is 10.0 Å². The van der Waals surface area contributed by atoms with Gasteiger partial charge in [0.1, 0.15) is 0 Å². The molecule has 2 N–H and O–H groups in total. The Bertz CT molecular complexity index is 1030. The van der Waals surface area contributed by atoms with Crippen LogP contribution in [0.2, 0.25) is 0 Å². The number of benzene rings is 1. The fourth-order valence-corrected chi connectivity index (χ4v) is 4.94. The van der Waals surface area contributed by atoms with Crippen molar-refractivity contribution < 1.29 is 18.0 Å². The third-order valence-corrected chi connectivity index (χ3v) is 7.03. The normalized spacial score (nSPS) is 15.0. The fraction of sp³-hybridized carbons (Fsp3) is 0.409. The van der Waals surface area contributed by atoms with Gasteiger partial charge in [0.15, 0.2) is 0 Å². The number of nitrogens with one attached hydrogen (secondary N) is 2. The number of sulfonamides is 1. The predicted molar refractivity (Wildman–Crippen MR) is 118 cm³/mol. The van der Waals surface area contributed by atoms with Crippen LogP contribution in [0, 0.1) is 12.8 Å². The first-order chi connectivity index (χ1) is 14.8. The standard InChI is InChI=1S/C22H28N4O4S/c1-3-21(27)25-19-6-7-20(16(2)13-19)31(29,30)24-14-17-8-11-26(12-9-17)22(28)18-5-4-10-23-15-18/h4-7,10,13,15,17,24H,3,8-9,11-12,14H2,1-2H3,(H,25,27). The molecule has 1 aliphatic rings. The van der Waals surface area contributed by atoms with E-state index in [4.69, 9.17) is 0 Å². The highest BCUT2D eigenvalue weighted by molar-refractivity contribution is 7.89. The average molecular weight is 445 g/mol. The molecule has 1 aliphatic heterocycles. The van der Waals surface area contributed by atoms with Gasteiger partial charge in [-0.2, -0.15) is 0 Å². The second-order valence-corrected chi connectivity index (χ2v) is 9.45. The van der Waals surface area contributed by atoms with Crippen molar-refractivity contribution in [3.8, 4) is 0 Å². The number of amides is 2. The summed E-state index contributed by atoms with van der Waals surface area (Å²) >= 11 is 0. The van der Waals surface area contributed by atoms with Crippen LogP contribution in [-0.2, 0) is 14.8 Å². The van der Waals surface area contributed by atoms with Crippen molar-refractivity contribution >= 4 is 27.5 Å². The van der Waals surface area contributed by atoms with Gasteiger partial charge >= 0.3 is 0 Å². The minimum atomic E-state index is -3.67. The van der Waals surface area contributed by atoms with Gasteiger partial charge in [-0.25, -0.2) is 13.1 Å². The molecule has 31 heavy (non-hydrogen) atoms. The zero-order chi connectivity index (χ0) is 22.4. The third-order valence-electron chi connectivity index (χ3n) is 5.44. The number of nitrogens with zero attached hydrogens (tertiary/aromatic N) is 2. The summed E-state index contributed by atoms with van der Waals surface area (Å²) < 4.78 is 28.3. The zero-order valence-corrected chi connectivity index (χ0v) is 18.6. The van der Waals surface area contributed by atoms with Crippen molar-refractivity contribution in [2.45, 2.75) is 38.0 Å². The van der Waals surface area contributed by atoms with E-state index in [0.717, 1.165) is 12.8 Å². The van der Waals surface area contributed by atoms with E-state index in [1.807, 2.05) is 0 Å². The Kier molecular flexibility index (Phi) is 7.40. The number of anilines is 1. The largest absolute Gasteiger partial charge is 0.339 e. The van der Waals surface area contributed by atoms with Crippen LogP contribution in [0.3, 0.4) is 0 Å². The molecule has 1 saturated heterocycles. The van der Waals surface area contributed by atoms with Crippen LogP contribution in [0.1, 0.15) is 42.1 Å². The first-order valence-electron chi connectivity index (χ1n) is 10.4. The number of piperidine rings is 1. The Morgan fingerprint density at radius 3 is 2.55 bits per heavy atom. The molecule has 2 aromatic rings. The minimum Gasteiger partial charge on any atom is -0.339 e. The van der Waals surface area contributed by atoms with Gasteiger partial charge < -0.3 is 10.2 Å². The number of hydrogen-bond donors (Lipinski definition) is 2. The number of aryl methyl sites for hydroxylation is 1. The Labute approximate surface area is 183 Å². The number of pyridine rings is 1. The molecule has 1 aromatic heterocycles. The van der Waals surface area contributed by atoms with Crippen molar-refractivity contribution in [2.24, 2.45) is 5.92 Å². The van der Waals surface area contributed by atoms with Gasteiger partial charge in [0, 0.05) is 44.1 Å². The fourth-order valence-electron chi connectivity index (χ4n) is 3.60. The van der Waals surface area contributed by atoms with E-state index >= 15 is 0 Å². The number of carbonyl (C=O) groups is 2. The number of rotatable bonds is 7. The molecule has 0 bridgehead atoms. The number of likely N-dealkylation sites (tertiary alicyclic amines) is 1. The highest BCUT2D eigenvalue weighted by atomic mass is 32.2. The van der Waals surface area contributed by atoms with E-state index in [1.165, 1.54) is 6.07 Å². The summed E-state index contributed by atoms with van der Waals surface area (Å²) in [5.41, 5.74) is 1.71. The molecule has 1 aromatic carbocycles. The summed E-state index contributed by atoms with van der Waals surface area (Å²) in [7, 11) is -3.67. The van der Waals surface area contributed by atoms with E-state index in [9.17, 15) is 18.0 Å². The lowest BCUT2D eigenvalue weighted by atomic mass is 9.97. The second kappa shape index (κ2) is 10.0. The molecule has 2 amide bonds.